The number of aromatic nitrogens is 1. The maximum atomic E-state index is 5.83. The molecule has 2 aromatic rings. The van der Waals surface area contributed by atoms with Crippen molar-refractivity contribution >= 4 is 22.9 Å². The van der Waals surface area contributed by atoms with E-state index >= 15 is 0 Å². The molecule has 1 aromatic carbocycles. The van der Waals surface area contributed by atoms with Gasteiger partial charge in [0.25, 0.3) is 0 Å². The highest BCUT2D eigenvalue weighted by Gasteiger charge is 2.11. The van der Waals surface area contributed by atoms with E-state index in [1.165, 1.54) is 11.1 Å². The second-order valence-corrected chi connectivity index (χ2v) is 6.07. The molecule has 0 saturated carbocycles. The summed E-state index contributed by atoms with van der Waals surface area (Å²) in [6, 6.07) is 9.00. The quantitative estimate of drug-likeness (QED) is 0.760. The van der Waals surface area contributed by atoms with Gasteiger partial charge in [0.05, 0.1) is 11.6 Å². The molecule has 0 bridgehead atoms. The van der Waals surface area contributed by atoms with E-state index in [2.05, 4.69) is 55.0 Å². The molecular formula is C15H19ClN2S. The van der Waals surface area contributed by atoms with E-state index in [1.54, 1.807) is 11.3 Å². The Balaban J connectivity index is 2.30. The maximum Gasteiger partial charge on any atom is 0.123 e. The normalized spacial score (nSPS) is 11.5. The zero-order chi connectivity index (χ0) is 13.8. The van der Waals surface area contributed by atoms with Crippen LogP contribution in [0.3, 0.4) is 0 Å². The van der Waals surface area contributed by atoms with E-state index in [1.807, 2.05) is 5.38 Å². The van der Waals surface area contributed by atoms with Gasteiger partial charge >= 0.3 is 0 Å². The van der Waals surface area contributed by atoms with Crippen LogP contribution in [0.15, 0.2) is 29.6 Å². The number of rotatable bonds is 5. The van der Waals surface area contributed by atoms with E-state index in [9.17, 15) is 0 Å². The molecule has 0 N–H and O–H groups in total. The van der Waals surface area contributed by atoms with Crippen LogP contribution in [0.25, 0.3) is 10.6 Å². The molecule has 4 heteroatoms. The molecule has 0 saturated heterocycles. The van der Waals surface area contributed by atoms with Crippen LogP contribution >= 0.6 is 22.9 Å². The van der Waals surface area contributed by atoms with Crippen LogP contribution in [0.5, 0.6) is 0 Å². The summed E-state index contributed by atoms with van der Waals surface area (Å²) in [5.41, 5.74) is 3.49. The third-order valence-electron chi connectivity index (χ3n) is 3.24. The standard InChI is InChI=1S/C15H19ClN2S/c1-11(2)18(3)9-12-6-4-5-7-14(12)15-17-13(8-16)10-19-15/h4-7,10-11H,8-9H2,1-3H3. The molecule has 0 aliphatic rings. The number of halogens is 1. The number of hydrogen-bond donors (Lipinski definition) is 0. The predicted octanol–water partition coefficient (Wildman–Crippen LogP) is 4.39. The second-order valence-electron chi connectivity index (χ2n) is 4.94. The number of alkyl halides is 1. The number of thiazole rings is 1. The average molecular weight is 295 g/mol. The number of benzene rings is 1. The van der Waals surface area contributed by atoms with Gasteiger partial charge in [-0.1, -0.05) is 24.3 Å². The summed E-state index contributed by atoms with van der Waals surface area (Å²) in [5, 5.41) is 3.09. The molecule has 0 atom stereocenters. The lowest BCUT2D eigenvalue weighted by molar-refractivity contribution is 0.266. The van der Waals surface area contributed by atoms with Gasteiger partial charge in [-0.3, -0.25) is 4.90 Å². The molecule has 1 aromatic heterocycles. The van der Waals surface area contributed by atoms with Crippen LogP contribution in [-0.2, 0) is 12.4 Å². The van der Waals surface area contributed by atoms with Crippen LogP contribution in [0.1, 0.15) is 25.1 Å². The highest BCUT2D eigenvalue weighted by atomic mass is 35.5. The summed E-state index contributed by atoms with van der Waals surface area (Å²) in [5.74, 6) is 0.477. The topological polar surface area (TPSA) is 16.1 Å². The lowest BCUT2D eigenvalue weighted by Crippen LogP contribution is -2.25. The van der Waals surface area contributed by atoms with E-state index < -0.39 is 0 Å². The minimum absolute atomic E-state index is 0.477. The van der Waals surface area contributed by atoms with Gasteiger partial charge in [0.15, 0.2) is 0 Å². The van der Waals surface area contributed by atoms with Crippen molar-refractivity contribution in [2.75, 3.05) is 7.05 Å². The van der Waals surface area contributed by atoms with Gasteiger partial charge in [0, 0.05) is 23.5 Å². The molecule has 19 heavy (non-hydrogen) atoms. The summed E-state index contributed by atoms with van der Waals surface area (Å²) < 4.78 is 0. The SMILES string of the molecule is CC(C)N(C)Cc1ccccc1-c1nc(CCl)cs1. The van der Waals surface area contributed by atoms with Gasteiger partial charge in [-0.15, -0.1) is 22.9 Å². The molecule has 0 radical (unpaired) electrons. The Morgan fingerprint density at radius 2 is 2.05 bits per heavy atom. The molecular weight excluding hydrogens is 276 g/mol. The monoisotopic (exact) mass is 294 g/mol. The van der Waals surface area contributed by atoms with Crippen LogP contribution in [0, 0.1) is 0 Å². The fraction of sp³-hybridized carbons (Fsp3) is 0.400. The fourth-order valence-corrected chi connectivity index (χ4v) is 2.92. The van der Waals surface area contributed by atoms with Crippen molar-refractivity contribution in [2.24, 2.45) is 0 Å². The molecule has 0 fully saturated rings. The number of hydrogen-bond acceptors (Lipinski definition) is 3. The lowest BCUT2D eigenvalue weighted by atomic mass is 10.1. The molecule has 0 spiro atoms. The molecule has 102 valence electrons. The Bertz CT molecular complexity index is 536. The first-order valence-electron chi connectivity index (χ1n) is 6.40. The molecule has 0 amide bonds. The van der Waals surface area contributed by atoms with E-state index in [4.69, 9.17) is 11.6 Å². The Hall–Kier alpha value is -0.900. The zero-order valence-corrected chi connectivity index (χ0v) is 13.1. The van der Waals surface area contributed by atoms with E-state index in [0.29, 0.717) is 11.9 Å². The Morgan fingerprint density at radius 3 is 2.68 bits per heavy atom. The van der Waals surface area contributed by atoms with E-state index in [-0.39, 0.29) is 0 Å². The van der Waals surface area contributed by atoms with Crippen molar-refractivity contribution in [1.29, 1.82) is 0 Å². The molecule has 2 rings (SSSR count). The summed E-state index contributed by atoms with van der Waals surface area (Å²) in [7, 11) is 2.15. The fourth-order valence-electron chi connectivity index (χ4n) is 1.81. The van der Waals surface area contributed by atoms with Crippen molar-refractivity contribution in [3.05, 3.63) is 40.9 Å². The van der Waals surface area contributed by atoms with E-state index in [0.717, 1.165) is 17.2 Å². The van der Waals surface area contributed by atoms with Crippen LogP contribution in [-0.4, -0.2) is 23.0 Å². The molecule has 0 aliphatic heterocycles. The first-order valence-corrected chi connectivity index (χ1v) is 7.82. The third-order valence-corrected chi connectivity index (χ3v) is 4.44. The average Bonchev–Trinajstić information content (AvgIpc) is 2.88. The highest BCUT2D eigenvalue weighted by molar-refractivity contribution is 7.13. The van der Waals surface area contributed by atoms with Gasteiger partial charge < -0.3 is 0 Å². The summed E-state index contributed by atoms with van der Waals surface area (Å²) >= 11 is 7.49. The number of nitrogens with zero attached hydrogens (tertiary/aromatic N) is 2. The van der Waals surface area contributed by atoms with Crippen molar-refractivity contribution < 1.29 is 0 Å². The smallest absolute Gasteiger partial charge is 0.123 e. The lowest BCUT2D eigenvalue weighted by Gasteiger charge is -2.22. The van der Waals surface area contributed by atoms with Crippen LogP contribution in [0.4, 0.5) is 0 Å². The maximum absolute atomic E-state index is 5.83. The predicted molar refractivity (Wildman–Crippen MR) is 83.7 cm³/mol. The van der Waals surface area contributed by atoms with Crippen molar-refractivity contribution in [1.82, 2.24) is 9.88 Å². The van der Waals surface area contributed by atoms with Gasteiger partial charge in [-0.05, 0) is 26.5 Å². The van der Waals surface area contributed by atoms with Gasteiger partial charge in [-0.2, -0.15) is 0 Å². The van der Waals surface area contributed by atoms with Gasteiger partial charge in [-0.25, -0.2) is 4.98 Å². The largest absolute Gasteiger partial charge is 0.300 e. The Morgan fingerprint density at radius 1 is 1.32 bits per heavy atom. The highest BCUT2D eigenvalue weighted by Crippen LogP contribution is 2.28. The summed E-state index contributed by atoms with van der Waals surface area (Å²) in [6.45, 7) is 5.35. The van der Waals surface area contributed by atoms with Gasteiger partial charge in [0.2, 0.25) is 0 Å². The zero-order valence-electron chi connectivity index (χ0n) is 11.6. The van der Waals surface area contributed by atoms with Crippen LogP contribution in [0.2, 0.25) is 0 Å². The van der Waals surface area contributed by atoms with Crippen molar-refractivity contribution in [3.8, 4) is 10.6 Å². The minimum atomic E-state index is 0.477. The van der Waals surface area contributed by atoms with Gasteiger partial charge in [0.1, 0.15) is 5.01 Å². The van der Waals surface area contributed by atoms with Crippen molar-refractivity contribution in [3.63, 3.8) is 0 Å². The van der Waals surface area contributed by atoms with Crippen molar-refractivity contribution in [2.45, 2.75) is 32.3 Å². The molecule has 2 nitrogen and oxygen atoms in total. The Labute approximate surface area is 124 Å². The summed E-state index contributed by atoms with van der Waals surface area (Å²) in [4.78, 5) is 6.91. The first kappa shape index (κ1) is 14.5. The summed E-state index contributed by atoms with van der Waals surface area (Å²) in [6.07, 6.45) is 0. The Kier molecular flexibility index (Phi) is 4.97. The van der Waals surface area contributed by atoms with Crippen LogP contribution < -0.4 is 0 Å². The molecule has 0 aliphatic carbocycles. The first-order chi connectivity index (χ1) is 9.11. The minimum Gasteiger partial charge on any atom is -0.300 e. The molecule has 1 heterocycles. The second kappa shape index (κ2) is 6.51. The molecule has 0 unspecified atom stereocenters. The third kappa shape index (κ3) is 3.56.